The molecule has 0 aromatic carbocycles. The van der Waals surface area contributed by atoms with Gasteiger partial charge in [-0.1, -0.05) is 0 Å². The molecule has 0 atom stereocenters. The van der Waals surface area contributed by atoms with E-state index >= 15 is 0 Å². The van der Waals surface area contributed by atoms with Crippen molar-refractivity contribution in [3.05, 3.63) is 3.91 Å². The Morgan fingerprint density at radius 1 is 0.600 bits per heavy atom. The van der Waals surface area contributed by atoms with Crippen molar-refractivity contribution in [2.75, 3.05) is 0 Å². The molecule has 0 aliphatic carbocycles. The van der Waals surface area contributed by atoms with E-state index in [0.717, 1.165) is 38.7 Å². The molecule has 0 heterocycles. The van der Waals surface area contributed by atoms with Crippen molar-refractivity contribution >= 4 is 14.3 Å². The first kappa shape index (κ1) is 119. The summed E-state index contributed by atoms with van der Waals surface area (Å²) in [7, 11) is 0. The van der Waals surface area contributed by atoms with Crippen LogP contribution in [0.25, 0.3) is 3.91 Å². The van der Waals surface area contributed by atoms with Crippen molar-refractivity contribution in [3.63, 3.8) is 0 Å². The normalized spacial score (nSPS) is 2.44. The molecule has 0 amide bonds. The van der Waals surface area contributed by atoms with Crippen LogP contribution in [0, 0.1) is 0 Å². The van der Waals surface area contributed by atoms with Gasteiger partial charge >= 0.3 is 119 Å². The molecule has 0 aromatic heterocycles. The van der Waals surface area contributed by atoms with Crippen LogP contribution in [-0.2, 0) is 390 Å². The molecule has 25 heavy (non-hydrogen) atoms. The number of aliphatic hydroxyl groups is 1. The molecule has 0 saturated carbocycles. The molecule has 0 bridgehead atoms. The summed E-state index contributed by atoms with van der Waals surface area (Å²) in [5.74, 6) is 0. The second-order valence-electron chi connectivity index (χ2n) is 0.736. The van der Waals surface area contributed by atoms with E-state index in [-0.39, 0.29) is 299 Å². The summed E-state index contributed by atoms with van der Waals surface area (Å²) in [5, 5.41) is 8.50. The van der Waals surface area contributed by atoms with Crippen molar-refractivity contribution in [2.24, 2.45) is 0 Å². The molecular formula is C3HNO2W19-2. The average Bonchev–Trinajstić information content (AvgIpc) is 2.10. The maximum atomic E-state index is 9.64. The second kappa shape index (κ2) is 122. The van der Waals surface area contributed by atoms with Gasteiger partial charge in [0.1, 0.15) is 0 Å². The van der Waals surface area contributed by atoms with Gasteiger partial charge in [0.25, 0.3) is 0 Å². The van der Waals surface area contributed by atoms with E-state index in [4.69, 9.17) is 9.02 Å². The van der Waals surface area contributed by atoms with Crippen LogP contribution < -0.4 is 0 Å². The van der Waals surface area contributed by atoms with Crippen LogP contribution in [0.4, 0.5) is 0 Å². The summed E-state index contributed by atoms with van der Waals surface area (Å²) in [6, 6.07) is 0. The zero-order valence-corrected chi connectivity index (χ0v) is 66.3. The van der Waals surface area contributed by atoms with Crippen LogP contribution in [0.2, 0.25) is 0 Å². The molecule has 0 unspecified atom stereocenters. The van der Waals surface area contributed by atoms with Gasteiger partial charge in [-0.15, -0.1) is 0 Å². The predicted molar refractivity (Wildman–Crippen MR) is 21.0 cm³/mol. The van der Waals surface area contributed by atoms with Gasteiger partial charge in [-0.2, -0.15) is 0 Å². The summed E-state index contributed by atoms with van der Waals surface area (Å²) in [5.41, 5.74) is 0. The maximum absolute atomic E-state index is 9.64. The molecule has 0 rings (SSSR count). The number of rotatable bonds is 2. The van der Waals surface area contributed by atoms with E-state index in [0.29, 0.717) is 23.5 Å². The Morgan fingerprint density at radius 3 is 0.720 bits per heavy atom. The van der Waals surface area contributed by atoms with Gasteiger partial charge in [-0.25, -0.2) is 0 Å². The van der Waals surface area contributed by atoms with Gasteiger partial charge in [0.05, 0.1) is 0 Å². The quantitative estimate of drug-likeness (QED) is 0.366. The first-order chi connectivity index (χ1) is 5.18. The fraction of sp³-hybridized carbons (Fsp3) is 0. The summed E-state index contributed by atoms with van der Waals surface area (Å²) >= 11 is 5.81. The zero-order chi connectivity index (χ0) is 9.86. The number of hydrogen-bond donors (Lipinski definition) is 1. The molecule has 0 spiro atoms. The summed E-state index contributed by atoms with van der Waals surface area (Å²) < 4.78 is 7.63. The second-order valence-corrected chi connectivity index (χ2v) is 3.59. The number of carbonyl (C=O) groups excluding carboxylic acids is 1. The SMILES string of the molecule is O=[C-][C](=[W])[C](O)=[W].[N-]=[W].[W].[W].[W].[W].[W].[W].[W].[W].[W].[W].[W].[W].[W].[W].[W]=[W]. The Morgan fingerprint density at radius 2 is 0.720 bits per heavy atom. The molecule has 0 aliphatic heterocycles. The van der Waals surface area contributed by atoms with Gasteiger partial charge in [0.2, 0.25) is 0 Å². The van der Waals surface area contributed by atoms with Crippen LogP contribution in [0.5, 0.6) is 0 Å². The molecule has 0 radical (unpaired) electrons. The van der Waals surface area contributed by atoms with E-state index < -0.39 is 0 Å². The number of aliphatic hydroxyl groups excluding tert-OH is 1. The molecule has 0 fully saturated rings. The molecule has 0 aliphatic rings. The molecule has 1 N–H and O–H groups in total. The van der Waals surface area contributed by atoms with Crippen LogP contribution in [0.15, 0.2) is 0 Å². The standard InChI is InChI=1S/C3HO2.N.19W/c4-2-1-3-5;;;;;;;;;;;;;;;;;;;;/h4H;;;;;;;;;;;;;;;;;;;;/q2*-1;;;;;;;;;;;;;;;;;;;. The number of nitrogens with zero attached hydrogens (tertiary/aromatic N) is 1. The van der Waals surface area contributed by atoms with E-state index in [1.807, 2.05) is 0 Å². The van der Waals surface area contributed by atoms with Gasteiger partial charge in [-0.05, 0) is 0 Å². The van der Waals surface area contributed by atoms with E-state index in [1.165, 1.54) is 0 Å². The van der Waals surface area contributed by atoms with Crippen LogP contribution in [0.1, 0.15) is 0 Å². The zero-order valence-electron chi connectivity index (χ0n) is 10.6. The Balaban J connectivity index is -0.00000000224. The minimum absolute atomic E-state index is 0. The van der Waals surface area contributed by atoms with Gasteiger partial charge in [0, 0.05) is 295 Å². The average molecular weight is 3580 g/mol. The van der Waals surface area contributed by atoms with Gasteiger partial charge in [0.15, 0.2) is 0 Å². The first-order valence-electron chi connectivity index (χ1n) is 1.69. The van der Waals surface area contributed by atoms with E-state index in [9.17, 15) is 4.79 Å². The number of hydrogen-bond acceptors (Lipinski definition) is 2. The third-order valence-electron chi connectivity index (χ3n) is 0.287. The van der Waals surface area contributed by atoms with Crippen molar-refractivity contribution in [3.8, 4) is 0 Å². The van der Waals surface area contributed by atoms with Crippen molar-refractivity contribution in [1.29, 1.82) is 0 Å². The van der Waals surface area contributed by atoms with Gasteiger partial charge < -0.3 is 0 Å². The van der Waals surface area contributed by atoms with Crippen molar-refractivity contribution < 1.29 is 396 Å². The summed E-state index contributed by atoms with van der Waals surface area (Å²) in [6.45, 7) is 0. The topological polar surface area (TPSA) is 59.6 Å². The summed E-state index contributed by atoms with van der Waals surface area (Å²) in [4.78, 5) is 9.64. The Hall–Kier alpha value is 12.2. The van der Waals surface area contributed by atoms with Gasteiger partial charge in [-0.3, -0.25) is 0 Å². The van der Waals surface area contributed by atoms with E-state index in [2.05, 4.69) is 0 Å². The predicted octanol–water partition coefficient (Wildman–Crippen LogP) is -0.889. The summed E-state index contributed by atoms with van der Waals surface area (Å²) in [6.07, 6.45) is 1.60. The molecule has 146 valence electrons. The van der Waals surface area contributed by atoms with E-state index in [1.54, 1.807) is 38.7 Å². The Kier molecular flexibility index (Phi) is 580. The van der Waals surface area contributed by atoms with Crippen molar-refractivity contribution in [1.82, 2.24) is 0 Å². The fourth-order valence-electron chi connectivity index (χ4n) is 0.0437. The van der Waals surface area contributed by atoms with Crippen LogP contribution in [0.3, 0.4) is 0 Å². The molecule has 22 heteroatoms. The molecule has 0 aromatic rings. The third kappa shape index (κ3) is 128. The molecular weight excluding hydrogens is 3570 g/mol. The van der Waals surface area contributed by atoms with Crippen LogP contribution >= 0.6 is 0 Å². The van der Waals surface area contributed by atoms with Crippen molar-refractivity contribution in [2.45, 2.75) is 0 Å². The monoisotopic (exact) mass is 3580 g/mol. The van der Waals surface area contributed by atoms with Crippen LogP contribution in [-0.4, -0.2) is 19.4 Å². The Labute approximate surface area is 402 Å². The minimum atomic E-state index is 0. The molecule has 3 nitrogen and oxygen atoms in total. The third-order valence-corrected chi connectivity index (χ3v) is 4.03. The fourth-order valence-corrected chi connectivity index (χ4v) is 0.193. The Bertz CT molecular complexity index is 156. The molecule has 0 saturated heterocycles. The first-order valence-corrected chi connectivity index (χ1v) is 16.9.